The Balaban J connectivity index is 3.41. The second-order valence-corrected chi connectivity index (χ2v) is 20.0. The number of nitrogens with one attached hydrogen (secondary N) is 1. The van der Waals surface area contributed by atoms with E-state index in [1.165, 1.54) is 231 Å². The second kappa shape index (κ2) is 55.7. The van der Waals surface area contributed by atoms with Gasteiger partial charge in [-0.1, -0.05) is 269 Å². The molecule has 0 aliphatic carbocycles. The number of esters is 1. The van der Waals surface area contributed by atoms with Crippen LogP contribution in [0.4, 0.5) is 0 Å². The summed E-state index contributed by atoms with van der Waals surface area (Å²) in [7, 11) is 0. The number of carbonyl (C=O) groups excluding carboxylic acids is 2. The van der Waals surface area contributed by atoms with E-state index in [-0.39, 0.29) is 18.5 Å². The zero-order chi connectivity index (χ0) is 47.9. The Morgan fingerprint density at radius 3 is 1.18 bits per heavy atom. The number of amides is 1. The van der Waals surface area contributed by atoms with E-state index >= 15 is 0 Å². The molecular weight excluding hydrogens is 815 g/mol. The van der Waals surface area contributed by atoms with E-state index in [2.05, 4.69) is 43.5 Å². The predicted octanol–water partition coefficient (Wildman–Crippen LogP) is 18.0. The Morgan fingerprint density at radius 1 is 0.424 bits per heavy atom. The molecule has 2 unspecified atom stereocenters. The molecule has 0 saturated heterocycles. The number of hydrogen-bond acceptors (Lipinski definition) is 5. The van der Waals surface area contributed by atoms with E-state index in [9.17, 15) is 19.8 Å². The molecule has 0 fully saturated rings. The number of unbranched alkanes of at least 4 members (excludes halogenated alkanes) is 39. The van der Waals surface area contributed by atoms with E-state index in [4.69, 9.17) is 4.74 Å². The summed E-state index contributed by atoms with van der Waals surface area (Å²) in [6, 6.07) is -0.630. The monoisotopic (exact) mass is 928 g/mol. The minimum Gasteiger partial charge on any atom is -0.466 e. The molecule has 0 aromatic rings. The third-order valence-corrected chi connectivity index (χ3v) is 13.4. The number of aliphatic hydroxyl groups is 2. The van der Waals surface area contributed by atoms with Gasteiger partial charge in [-0.2, -0.15) is 0 Å². The van der Waals surface area contributed by atoms with Gasteiger partial charge in [0.15, 0.2) is 0 Å². The Kier molecular flexibility index (Phi) is 54.1. The van der Waals surface area contributed by atoms with E-state index in [1.54, 1.807) is 6.08 Å². The minimum absolute atomic E-state index is 0.000345. The van der Waals surface area contributed by atoms with Gasteiger partial charge in [-0.25, -0.2) is 0 Å². The normalized spacial score (nSPS) is 12.8. The fourth-order valence-electron chi connectivity index (χ4n) is 8.90. The summed E-state index contributed by atoms with van der Waals surface area (Å²) in [6.07, 6.45) is 68.8. The van der Waals surface area contributed by atoms with Gasteiger partial charge in [0.05, 0.1) is 25.4 Å². The number of rotatable bonds is 54. The van der Waals surface area contributed by atoms with E-state index < -0.39 is 12.1 Å². The Hall–Kier alpha value is -1.92. The van der Waals surface area contributed by atoms with Crippen LogP contribution < -0.4 is 5.32 Å². The quantitative estimate of drug-likeness (QED) is 0.0321. The van der Waals surface area contributed by atoms with Crippen LogP contribution in [0.15, 0.2) is 36.5 Å². The van der Waals surface area contributed by atoms with Gasteiger partial charge in [0.1, 0.15) is 0 Å². The van der Waals surface area contributed by atoms with Gasteiger partial charge >= 0.3 is 5.97 Å². The average molecular weight is 929 g/mol. The van der Waals surface area contributed by atoms with Crippen molar-refractivity contribution in [3.05, 3.63) is 36.5 Å². The Morgan fingerprint density at radius 2 is 0.758 bits per heavy atom. The van der Waals surface area contributed by atoms with Gasteiger partial charge in [0.2, 0.25) is 5.91 Å². The van der Waals surface area contributed by atoms with Crippen molar-refractivity contribution in [3.63, 3.8) is 0 Å². The molecule has 0 spiro atoms. The van der Waals surface area contributed by atoms with Crippen LogP contribution in [-0.4, -0.2) is 47.4 Å². The van der Waals surface area contributed by atoms with Crippen LogP contribution in [0, 0.1) is 0 Å². The number of aliphatic hydroxyl groups excluding tert-OH is 2. The maximum atomic E-state index is 12.4. The first-order valence-corrected chi connectivity index (χ1v) is 29.3. The highest BCUT2D eigenvalue weighted by molar-refractivity contribution is 5.76. The van der Waals surface area contributed by atoms with Crippen LogP contribution in [0.25, 0.3) is 0 Å². The molecule has 0 radical (unpaired) electrons. The molecule has 66 heavy (non-hydrogen) atoms. The lowest BCUT2D eigenvalue weighted by Gasteiger charge is -2.20. The zero-order valence-corrected chi connectivity index (χ0v) is 44.2. The van der Waals surface area contributed by atoms with Gasteiger partial charge in [-0.15, -0.1) is 0 Å². The minimum atomic E-state index is -0.846. The lowest BCUT2D eigenvalue weighted by Crippen LogP contribution is -2.45. The third kappa shape index (κ3) is 51.5. The molecular formula is C60H113NO5. The number of ether oxygens (including phenoxy) is 1. The fourth-order valence-corrected chi connectivity index (χ4v) is 8.90. The molecule has 3 N–H and O–H groups in total. The van der Waals surface area contributed by atoms with Crippen LogP contribution >= 0.6 is 0 Å². The Bertz CT molecular complexity index is 1070. The lowest BCUT2D eigenvalue weighted by atomic mass is 10.0. The van der Waals surface area contributed by atoms with Crippen molar-refractivity contribution in [2.24, 2.45) is 0 Å². The van der Waals surface area contributed by atoms with Gasteiger partial charge in [0, 0.05) is 12.8 Å². The molecule has 0 aliphatic rings. The first-order valence-electron chi connectivity index (χ1n) is 29.3. The molecule has 2 atom stereocenters. The maximum Gasteiger partial charge on any atom is 0.305 e. The van der Waals surface area contributed by atoms with Crippen molar-refractivity contribution in [2.45, 2.75) is 321 Å². The summed E-state index contributed by atoms with van der Waals surface area (Å²) in [5.74, 6) is -0.0707. The molecule has 0 aliphatic heterocycles. The average Bonchev–Trinajstić information content (AvgIpc) is 3.32. The third-order valence-electron chi connectivity index (χ3n) is 13.4. The number of carbonyl (C=O) groups is 2. The predicted molar refractivity (Wildman–Crippen MR) is 287 cm³/mol. The first-order chi connectivity index (χ1) is 32.5. The van der Waals surface area contributed by atoms with Crippen molar-refractivity contribution in [3.8, 4) is 0 Å². The highest BCUT2D eigenvalue weighted by Gasteiger charge is 2.18. The molecule has 0 heterocycles. The molecule has 0 bridgehead atoms. The summed E-state index contributed by atoms with van der Waals surface area (Å²) < 4.78 is 5.48. The molecule has 1 amide bonds. The summed E-state index contributed by atoms with van der Waals surface area (Å²) in [5.41, 5.74) is 0. The number of hydrogen-bond donors (Lipinski definition) is 3. The summed E-state index contributed by atoms with van der Waals surface area (Å²) in [6.45, 7) is 4.87. The van der Waals surface area contributed by atoms with E-state index in [1.807, 2.05) is 6.08 Å². The summed E-state index contributed by atoms with van der Waals surface area (Å²) in [5, 5.41) is 23.1. The smallest absolute Gasteiger partial charge is 0.305 e. The molecule has 0 saturated carbocycles. The second-order valence-electron chi connectivity index (χ2n) is 20.0. The molecule has 0 rings (SSSR count). The maximum absolute atomic E-state index is 12.4. The SMILES string of the molecule is CCCCC/C=C\C/C=C\CCCCCCCCCC(=O)OCCCCCCCCCCCCCCCCCCCCCC(=O)NC(CO)C(O)/C=C/CCCCCCCCCCCCC. The van der Waals surface area contributed by atoms with Gasteiger partial charge in [-0.05, 0) is 64.2 Å². The van der Waals surface area contributed by atoms with E-state index in [0.29, 0.717) is 19.4 Å². The Labute approximate surface area is 411 Å². The molecule has 388 valence electrons. The van der Waals surface area contributed by atoms with Gasteiger partial charge in [-0.3, -0.25) is 9.59 Å². The van der Waals surface area contributed by atoms with Crippen molar-refractivity contribution < 1.29 is 24.5 Å². The van der Waals surface area contributed by atoms with E-state index in [0.717, 1.165) is 51.4 Å². The number of allylic oxidation sites excluding steroid dienone is 5. The van der Waals surface area contributed by atoms with Gasteiger partial charge < -0.3 is 20.3 Å². The topological polar surface area (TPSA) is 95.9 Å². The lowest BCUT2D eigenvalue weighted by molar-refractivity contribution is -0.143. The van der Waals surface area contributed by atoms with Crippen LogP contribution in [0.3, 0.4) is 0 Å². The standard InChI is InChI=1S/C60H113NO5/c1-3-5-7-9-11-13-15-17-18-22-26-30-34-38-42-46-50-54-60(65)66-55-51-47-43-39-35-31-27-24-21-19-20-23-25-29-33-37-41-45-49-53-59(64)61-57(56-62)58(63)52-48-44-40-36-32-28-16-14-12-10-8-6-4-2/h11,13,17-18,48,52,57-58,62-63H,3-10,12,14-16,19-47,49-51,53-56H2,1-2H3,(H,61,64)/b13-11-,18-17-,52-48+. The zero-order valence-electron chi connectivity index (χ0n) is 44.2. The highest BCUT2D eigenvalue weighted by atomic mass is 16.5. The molecule has 0 aromatic heterocycles. The van der Waals surface area contributed by atoms with Crippen molar-refractivity contribution in [2.75, 3.05) is 13.2 Å². The highest BCUT2D eigenvalue weighted by Crippen LogP contribution is 2.17. The molecule has 0 aromatic carbocycles. The van der Waals surface area contributed by atoms with Crippen molar-refractivity contribution in [1.29, 1.82) is 0 Å². The van der Waals surface area contributed by atoms with Crippen LogP contribution in [0.5, 0.6) is 0 Å². The summed E-state index contributed by atoms with van der Waals surface area (Å²) >= 11 is 0. The van der Waals surface area contributed by atoms with Crippen molar-refractivity contribution in [1.82, 2.24) is 5.32 Å². The van der Waals surface area contributed by atoms with Crippen LogP contribution in [0.1, 0.15) is 309 Å². The molecule has 6 nitrogen and oxygen atoms in total. The van der Waals surface area contributed by atoms with Crippen LogP contribution in [0.2, 0.25) is 0 Å². The fraction of sp³-hybridized carbons (Fsp3) is 0.867. The first kappa shape index (κ1) is 64.1. The van der Waals surface area contributed by atoms with Crippen LogP contribution in [-0.2, 0) is 14.3 Å². The summed E-state index contributed by atoms with van der Waals surface area (Å²) in [4.78, 5) is 24.5. The largest absolute Gasteiger partial charge is 0.466 e. The van der Waals surface area contributed by atoms with Gasteiger partial charge in [0.25, 0.3) is 0 Å². The van der Waals surface area contributed by atoms with Crippen molar-refractivity contribution >= 4 is 11.9 Å². The molecule has 6 heteroatoms.